The number of anilines is 1. The number of amides is 2. The van der Waals surface area contributed by atoms with E-state index in [2.05, 4.69) is 5.10 Å². The molecule has 0 bridgehead atoms. The standard InChI is InChI=1S/C18H20N4O3/c1-20-11-13(10-19-20)22-15-6-7-21(16(15)9-17(22)23)18(24)12-4-3-5-14(8-12)25-2/h3-5,8,10-11,15-16H,6-7,9H2,1-2H3/t15-,16+/m1/s1. The summed E-state index contributed by atoms with van der Waals surface area (Å²) in [4.78, 5) is 29.1. The van der Waals surface area contributed by atoms with Crippen LogP contribution in [-0.2, 0) is 11.8 Å². The Balaban J connectivity index is 1.58. The lowest BCUT2D eigenvalue weighted by atomic mass is 10.1. The number of carbonyl (C=O) groups excluding carboxylic acids is 2. The maximum Gasteiger partial charge on any atom is 0.254 e. The molecule has 1 aromatic carbocycles. The number of methoxy groups -OCH3 is 1. The van der Waals surface area contributed by atoms with Crippen LogP contribution in [0.5, 0.6) is 5.75 Å². The molecule has 0 aliphatic carbocycles. The normalized spacial score (nSPS) is 22.4. The van der Waals surface area contributed by atoms with Gasteiger partial charge in [-0.05, 0) is 24.6 Å². The van der Waals surface area contributed by atoms with Gasteiger partial charge in [-0.15, -0.1) is 0 Å². The van der Waals surface area contributed by atoms with Crippen molar-refractivity contribution in [2.24, 2.45) is 7.05 Å². The molecule has 4 rings (SSSR count). The second-order valence-electron chi connectivity index (χ2n) is 6.49. The molecule has 2 aliphatic rings. The molecule has 7 heteroatoms. The fourth-order valence-corrected chi connectivity index (χ4v) is 3.89. The lowest BCUT2D eigenvalue weighted by molar-refractivity contribution is -0.117. The molecule has 0 N–H and O–H groups in total. The topological polar surface area (TPSA) is 67.7 Å². The van der Waals surface area contributed by atoms with Gasteiger partial charge in [0.05, 0.1) is 31.1 Å². The van der Waals surface area contributed by atoms with Crippen molar-refractivity contribution in [3.05, 3.63) is 42.2 Å². The largest absolute Gasteiger partial charge is 0.497 e. The molecule has 2 atom stereocenters. The Morgan fingerprint density at radius 1 is 1.32 bits per heavy atom. The number of nitrogens with zero attached hydrogens (tertiary/aromatic N) is 4. The Kier molecular flexibility index (Phi) is 3.71. The molecule has 0 spiro atoms. The van der Waals surface area contributed by atoms with Crippen molar-refractivity contribution in [1.82, 2.24) is 14.7 Å². The number of hydrogen-bond donors (Lipinski definition) is 0. The van der Waals surface area contributed by atoms with E-state index < -0.39 is 0 Å². The highest BCUT2D eigenvalue weighted by molar-refractivity contribution is 6.00. The van der Waals surface area contributed by atoms with E-state index in [4.69, 9.17) is 4.74 Å². The summed E-state index contributed by atoms with van der Waals surface area (Å²) in [6.45, 7) is 0.648. The minimum absolute atomic E-state index is 0.0197. The summed E-state index contributed by atoms with van der Waals surface area (Å²) in [7, 11) is 3.41. The predicted molar refractivity (Wildman–Crippen MR) is 91.5 cm³/mol. The Labute approximate surface area is 145 Å². The first-order chi connectivity index (χ1) is 12.1. The zero-order chi connectivity index (χ0) is 17.6. The van der Waals surface area contributed by atoms with Gasteiger partial charge in [0.2, 0.25) is 5.91 Å². The minimum atomic E-state index is -0.0913. The molecular weight excluding hydrogens is 320 g/mol. The zero-order valence-electron chi connectivity index (χ0n) is 14.3. The van der Waals surface area contributed by atoms with Crippen molar-refractivity contribution in [3.63, 3.8) is 0 Å². The van der Waals surface area contributed by atoms with Crippen molar-refractivity contribution in [1.29, 1.82) is 0 Å². The molecule has 2 fully saturated rings. The third-order valence-electron chi connectivity index (χ3n) is 5.04. The van der Waals surface area contributed by atoms with Crippen molar-refractivity contribution < 1.29 is 14.3 Å². The van der Waals surface area contributed by atoms with Gasteiger partial charge in [-0.2, -0.15) is 5.10 Å². The molecule has 7 nitrogen and oxygen atoms in total. The average Bonchev–Trinajstić information content (AvgIpc) is 3.29. The lowest BCUT2D eigenvalue weighted by Gasteiger charge is -2.24. The summed E-state index contributed by atoms with van der Waals surface area (Å²) >= 11 is 0. The molecule has 3 heterocycles. The first-order valence-corrected chi connectivity index (χ1v) is 8.34. The van der Waals surface area contributed by atoms with E-state index in [-0.39, 0.29) is 23.9 Å². The van der Waals surface area contributed by atoms with Crippen LogP contribution in [0.4, 0.5) is 5.69 Å². The molecule has 25 heavy (non-hydrogen) atoms. The Bertz CT molecular complexity index is 831. The maximum atomic E-state index is 12.9. The van der Waals surface area contributed by atoms with Gasteiger partial charge < -0.3 is 14.5 Å². The Morgan fingerprint density at radius 2 is 2.16 bits per heavy atom. The van der Waals surface area contributed by atoms with Gasteiger partial charge in [-0.3, -0.25) is 14.3 Å². The smallest absolute Gasteiger partial charge is 0.254 e. The van der Waals surface area contributed by atoms with Gasteiger partial charge in [0.25, 0.3) is 5.91 Å². The number of hydrogen-bond acceptors (Lipinski definition) is 4. The number of carbonyl (C=O) groups is 2. The van der Waals surface area contributed by atoms with Gasteiger partial charge in [0.15, 0.2) is 0 Å². The van der Waals surface area contributed by atoms with E-state index in [1.165, 1.54) is 0 Å². The molecule has 130 valence electrons. The Morgan fingerprint density at radius 3 is 2.88 bits per heavy atom. The van der Waals surface area contributed by atoms with Crippen LogP contribution in [0.15, 0.2) is 36.7 Å². The van der Waals surface area contributed by atoms with Gasteiger partial charge >= 0.3 is 0 Å². The van der Waals surface area contributed by atoms with Gasteiger partial charge in [-0.25, -0.2) is 0 Å². The molecular formula is C18H20N4O3. The number of aromatic nitrogens is 2. The second-order valence-corrected chi connectivity index (χ2v) is 6.49. The van der Waals surface area contributed by atoms with E-state index >= 15 is 0 Å². The van der Waals surface area contributed by atoms with E-state index in [0.29, 0.717) is 24.3 Å². The van der Waals surface area contributed by atoms with Crippen LogP contribution >= 0.6 is 0 Å². The van der Waals surface area contributed by atoms with Crippen LogP contribution < -0.4 is 9.64 Å². The minimum Gasteiger partial charge on any atom is -0.497 e. The summed E-state index contributed by atoms with van der Waals surface area (Å²) in [6, 6.07) is 7.07. The number of ether oxygens (including phenoxy) is 1. The maximum absolute atomic E-state index is 12.9. The third kappa shape index (κ3) is 2.56. The average molecular weight is 340 g/mol. The number of aryl methyl sites for hydroxylation is 1. The monoisotopic (exact) mass is 340 g/mol. The fourth-order valence-electron chi connectivity index (χ4n) is 3.89. The van der Waals surface area contributed by atoms with Gasteiger partial charge in [-0.1, -0.05) is 6.07 Å². The van der Waals surface area contributed by atoms with Crippen molar-refractivity contribution in [2.75, 3.05) is 18.6 Å². The van der Waals surface area contributed by atoms with E-state index in [1.54, 1.807) is 41.1 Å². The number of likely N-dealkylation sites (tertiary alicyclic amines) is 1. The van der Waals surface area contributed by atoms with Crippen LogP contribution in [0.3, 0.4) is 0 Å². The summed E-state index contributed by atoms with van der Waals surface area (Å²) in [5.41, 5.74) is 1.39. The van der Waals surface area contributed by atoms with E-state index in [0.717, 1.165) is 12.1 Å². The van der Waals surface area contributed by atoms with Gasteiger partial charge in [0, 0.05) is 31.8 Å². The van der Waals surface area contributed by atoms with Crippen molar-refractivity contribution in [3.8, 4) is 5.75 Å². The number of rotatable bonds is 3. The highest BCUT2D eigenvalue weighted by Gasteiger charge is 2.49. The zero-order valence-corrected chi connectivity index (χ0v) is 14.3. The first kappa shape index (κ1) is 15.7. The molecule has 2 saturated heterocycles. The molecule has 2 aromatic rings. The van der Waals surface area contributed by atoms with E-state index in [1.807, 2.05) is 24.2 Å². The van der Waals surface area contributed by atoms with Crippen molar-refractivity contribution >= 4 is 17.5 Å². The molecule has 0 saturated carbocycles. The Hall–Kier alpha value is -2.83. The molecule has 0 unspecified atom stereocenters. The number of fused-ring (bicyclic) bond motifs is 1. The predicted octanol–water partition coefficient (Wildman–Crippen LogP) is 1.45. The quantitative estimate of drug-likeness (QED) is 0.848. The SMILES string of the molecule is COc1cccc(C(=O)N2CC[C@@H]3[C@@H]2CC(=O)N3c2cnn(C)c2)c1. The highest BCUT2D eigenvalue weighted by Crippen LogP contribution is 2.36. The molecule has 2 aliphatic heterocycles. The van der Waals surface area contributed by atoms with Gasteiger partial charge in [0.1, 0.15) is 5.75 Å². The first-order valence-electron chi connectivity index (χ1n) is 8.34. The summed E-state index contributed by atoms with van der Waals surface area (Å²) in [6.07, 6.45) is 4.68. The highest BCUT2D eigenvalue weighted by atomic mass is 16.5. The summed E-state index contributed by atoms with van der Waals surface area (Å²) in [5, 5.41) is 4.16. The molecule has 0 radical (unpaired) electrons. The molecule has 1 aromatic heterocycles. The van der Waals surface area contributed by atoms with Crippen LogP contribution in [0.2, 0.25) is 0 Å². The van der Waals surface area contributed by atoms with Crippen LogP contribution in [-0.4, -0.2) is 52.2 Å². The van der Waals surface area contributed by atoms with Crippen molar-refractivity contribution in [2.45, 2.75) is 24.9 Å². The number of benzene rings is 1. The second kappa shape index (κ2) is 5.91. The van der Waals surface area contributed by atoms with Crippen LogP contribution in [0.25, 0.3) is 0 Å². The van der Waals surface area contributed by atoms with E-state index in [9.17, 15) is 9.59 Å². The fraction of sp³-hybridized carbons (Fsp3) is 0.389. The van der Waals surface area contributed by atoms with Crippen LogP contribution in [0, 0.1) is 0 Å². The summed E-state index contributed by atoms with van der Waals surface area (Å²) < 4.78 is 6.89. The lowest BCUT2D eigenvalue weighted by Crippen LogP contribution is -2.39. The third-order valence-corrected chi connectivity index (χ3v) is 5.04. The molecule has 2 amide bonds. The van der Waals surface area contributed by atoms with Crippen LogP contribution in [0.1, 0.15) is 23.2 Å². The summed E-state index contributed by atoms with van der Waals surface area (Å²) in [5.74, 6) is 0.652.